The Morgan fingerprint density at radius 3 is 2.94 bits per heavy atom. The minimum atomic E-state index is 0.0690. The highest BCUT2D eigenvalue weighted by Crippen LogP contribution is 2.28. The minimum Gasteiger partial charge on any atom is -0.323 e. The minimum absolute atomic E-state index is 0.0690. The molecule has 1 aromatic carbocycles. The molecule has 0 amide bonds. The van der Waals surface area contributed by atoms with Gasteiger partial charge in [-0.1, -0.05) is 24.3 Å². The number of benzene rings is 1. The Morgan fingerprint density at radius 1 is 1.28 bits per heavy atom. The molecule has 0 saturated carbocycles. The smallest absolute Gasteiger partial charge is 0.159 e. The van der Waals surface area contributed by atoms with Crippen LogP contribution in [0.2, 0.25) is 0 Å². The van der Waals surface area contributed by atoms with Crippen molar-refractivity contribution in [2.45, 2.75) is 32.2 Å². The summed E-state index contributed by atoms with van der Waals surface area (Å²) in [6.45, 7) is 2.08. The van der Waals surface area contributed by atoms with Gasteiger partial charge < -0.3 is 5.73 Å². The molecule has 0 spiro atoms. The summed E-state index contributed by atoms with van der Waals surface area (Å²) in [4.78, 5) is 9.18. The normalized spacial score (nSPS) is 18.4. The lowest BCUT2D eigenvalue weighted by atomic mass is 9.93. The second kappa shape index (κ2) is 4.50. The van der Waals surface area contributed by atoms with Gasteiger partial charge in [0.1, 0.15) is 0 Å². The predicted molar refractivity (Wildman–Crippen MR) is 72.1 cm³/mol. The van der Waals surface area contributed by atoms with Gasteiger partial charge in [-0.2, -0.15) is 0 Å². The zero-order valence-corrected chi connectivity index (χ0v) is 10.6. The van der Waals surface area contributed by atoms with Crippen molar-refractivity contribution >= 4 is 0 Å². The van der Waals surface area contributed by atoms with Crippen molar-refractivity contribution in [2.75, 3.05) is 0 Å². The standard InChI is InChI=1S/C15H17N3/c1-10-5-2-3-7-12(10)15-17-9-11-6-4-8-13(16)14(11)18-15/h2-3,5,7,9,13H,4,6,8,16H2,1H3. The summed E-state index contributed by atoms with van der Waals surface area (Å²) in [5, 5.41) is 0. The van der Waals surface area contributed by atoms with Gasteiger partial charge in [-0.15, -0.1) is 0 Å². The number of rotatable bonds is 1. The van der Waals surface area contributed by atoms with Crippen LogP contribution in [0.25, 0.3) is 11.4 Å². The van der Waals surface area contributed by atoms with Crippen LogP contribution < -0.4 is 5.73 Å². The number of aryl methyl sites for hydroxylation is 2. The van der Waals surface area contributed by atoms with Gasteiger partial charge in [0.2, 0.25) is 0 Å². The van der Waals surface area contributed by atoms with Gasteiger partial charge in [-0.25, -0.2) is 9.97 Å². The Morgan fingerprint density at radius 2 is 2.11 bits per heavy atom. The van der Waals surface area contributed by atoms with Gasteiger partial charge in [0.05, 0.1) is 5.69 Å². The first kappa shape index (κ1) is 11.4. The van der Waals surface area contributed by atoms with Gasteiger partial charge in [-0.3, -0.25) is 0 Å². The maximum atomic E-state index is 6.14. The zero-order valence-electron chi connectivity index (χ0n) is 10.6. The molecule has 3 nitrogen and oxygen atoms in total. The summed E-state index contributed by atoms with van der Waals surface area (Å²) >= 11 is 0. The van der Waals surface area contributed by atoms with E-state index >= 15 is 0 Å². The van der Waals surface area contributed by atoms with Gasteiger partial charge >= 0.3 is 0 Å². The topological polar surface area (TPSA) is 51.8 Å². The number of hydrogen-bond acceptors (Lipinski definition) is 3. The first-order chi connectivity index (χ1) is 8.75. The molecule has 92 valence electrons. The van der Waals surface area contributed by atoms with E-state index in [1.165, 1.54) is 11.1 Å². The molecule has 1 unspecified atom stereocenters. The number of aromatic nitrogens is 2. The summed E-state index contributed by atoms with van der Waals surface area (Å²) in [6, 6.07) is 8.26. The van der Waals surface area contributed by atoms with Crippen molar-refractivity contribution < 1.29 is 0 Å². The van der Waals surface area contributed by atoms with Crippen LogP contribution in [-0.4, -0.2) is 9.97 Å². The van der Waals surface area contributed by atoms with Gasteiger partial charge in [-0.05, 0) is 37.3 Å². The van der Waals surface area contributed by atoms with Gasteiger partial charge in [0.25, 0.3) is 0 Å². The molecule has 0 saturated heterocycles. The van der Waals surface area contributed by atoms with Crippen LogP contribution in [0.3, 0.4) is 0 Å². The third-order valence-electron chi connectivity index (χ3n) is 3.60. The van der Waals surface area contributed by atoms with E-state index in [0.717, 1.165) is 36.3 Å². The molecule has 0 radical (unpaired) electrons. The SMILES string of the molecule is Cc1ccccc1-c1ncc2c(n1)C(N)CCC2. The monoisotopic (exact) mass is 239 g/mol. The average molecular weight is 239 g/mol. The van der Waals surface area contributed by atoms with Crippen LogP contribution in [0.5, 0.6) is 0 Å². The van der Waals surface area contributed by atoms with Crippen LogP contribution >= 0.6 is 0 Å². The van der Waals surface area contributed by atoms with E-state index in [1.54, 1.807) is 0 Å². The number of hydrogen-bond donors (Lipinski definition) is 1. The van der Waals surface area contributed by atoms with Gasteiger partial charge in [0, 0.05) is 17.8 Å². The molecule has 1 aliphatic rings. The molecule has 3 heteroatoms. The Balaban J connectivity index is 2.10. The molecule has 0 bridgehead atoms. The maximum Gasteiger partial charge on any atom is 0.159 e. The van der Waals surface area contributed by atoms with Crippen LogP contribution in [0.1, 0.15) is 35.7 Å². The Labute approximate surface area is 107 Å². The Kier molecular flexibility index (Phi) is 2.84. The van der Waals surface area contributed by atoms with E-state index in [9.17, 15) is 0 Å². The van der Waals surface area contributed by atoms with Crippen molar-refractivity contribution in [3.63, 3.8) is 0 Å². The lowest BCUT2D eigenvalue weighted by Crippen LogP contribution is -2.20. The van der Waals surface area contributed by atoms with Crippen molar-refractivity contribution in [1.29, 1.82) is 0 Å². The highest BCUT2D eigenvalue weighted by atomic mass is 14.9. The number of nitrogens with two attached hydrogens (primary N) is 1. The van der Waals surface area contributed by atoms with E-state index in [-0.39, 0.29) is 6.04 Å². The van der Waals surface area contributed by atoms with Gasteiger partial charge in [0.15, 0.2) is 5.82 Å². The molecule has 0 aliphatic heterocycles. The van der Waals surface area contributed by atoms with E-state index in [4.69, 9.17) is 5.73 Å². The lowest BCUT2D eigenvalue weighted by Gasteiger charge is -2.21. The summed E-state index contributed by atoms with van der Waals surface area (Å²) < 4.78 is 0. The molecular formula is C15H17N3. The first-order valence-electron chi connectivity index (χ1n) is 6.43. The molecule has 18 heavy (non-hydrogen) atoms. The molecule has 2 aromatic rings. The predicted octanol–water partition coefficient (Wildman–Crippen LogP) is 2.79. The molecule has 0 fully saturated rings. The molecule has 1 aliphatic carbocycles. The van der Waals surface area contributed by atoms with E-state index in [0.29, 0.717) is 0 Å². The van der Waals surface area contributed by atoms with Crippen LogP contribution in [0.15, 0.2) is 30.5 Å². The van der Waals surface area contributed by atoms with Crippen LogP contribution in [0, 0.1) is 6.92 Å². The highest BCUT2D eigenvalue weighted by Gasteiger charge is 2.19. The summed E-state index contributed by atoms with van der Waals surface area (Å²) in [7, 11) is 0. The summed E-state index contributed by atoms with van der Waals surface area (Å²) in [6.07, 6.45) is 5.17. The molecule has 1 atom stereocenters. The number of fused-ring (bicyclic) bond motifs is 1. The fourth-order valence-electron chi connectivity index (χ4n) is 2.54. The van der Waals surface area contributed by atoms with Crippen LogP contribution in [-0.2, 0) is 6.42 Å². The van der Waals surface area contributed by atoms with Crippen molar-refractivity contribution in [1.82, 2.24) is 9.97 Å². The number of nitrogens with zero attached hydrogens (tertiary/aromatic N) is 2. The molecule has 1 aromatic heterocycles. The molecule has 1 heterocycles. The van der Waals surface area contributed by atoms with Crippen molar-refractivity contribution in [2.24, 2.45) is 5.73 Å². The third-order valence-corrected chi connectivity index (χ3v) is 3.60. The first-order valence-corrected chi connectivity index (χ1v) is 6.43. The average Bonchev–Trinajstić information content (AvgIpc) is 2.40. The second-order valence-electron chi connectivity index (χ2n) is 4.92. The molecular weight excluding hydrogens is 222 g/mol. The van der Waals surface area contributed by atoms with Crippen molar-refractivity contribution in [3.8, 4) is 11.4 Å². The Hall–Kier alpha value is -1.74. The van der Waals surface area contributed by atoms with Crippen molar-refractivity contribution in [3.05, 3.63) is 47.3 Å². The third kappa shape index (κ3) is 1.91. The highest BCUT2D eigenvalue weighted by molar-refractivity contribution is 5.60. The second-order valence-corrected chi connectivity index (χ2v) is 4.92. The van der Waals surface area contributed by atoms with Crippen LogP contribution in [0.4, 0.5) is 0 Å². The fourth-order valence-corrected chi connectivity index (χ4v) is 2.54. The fraction of sp³-hybridized carbons (Fsp3) is 0.333. The van der Waals surface area contributed by atoms with E-state index in [2.05, 4.69) is 29.0 Å². The lowest BCUT2D eigenvalue weighted by molar-refractivity contribution is 0.552. The Bertz CT molecular complexity index is 578. The maximum absolute atomic E-state index is 6.14. The zero-order chi connectivity index (χ0) is 12.5. The van der Waals surface area contributed by atoms with E-state index < -0.39 is 0 Å². The molecule has 3 rings (SSSR count). The van der Waals surface area contributed by atoms with E-state index in [1.807, 2.05) is 18.3 Å². The quantitative estimate of drug-likeness (QED) is 0.832. The largest absolute Gasteiger partial charge is 0.323 e. The molecule has 2 N–H and O–H groups in total. The summed E-state index contributed by atoms with van der Waals surface area (Å²) in [5.41, 5.74) is 10.7. The summed E-state index contributed by atoms with van der Waals surface area (Å²) in [5.74, 6) is 0.796.